The lowest BCUT2D eigenvalue weighted by Gasteiger charge is -2.28. The van der Waals surface area contributed by atoms with Gasteiger partial charge in [0.1, 0.15) is 0 Å². The Labute approximate surface area is 107 Å². The highest BCUT2D eigenvalue weighted by molar-refractivity contribution is 5.95. The van der Waals surface area contributed by atoms with Crippen LogP contribution in [0.2, 0.25) is 0 Å². The smallest absolute Gasteiger partial charge is 0.251 e. The number of nitrogens with two attached hydrogens (primary N) is 1. The molecule has 1 aromatic rings. The van der Waals surface area contributed by atoms with Gasteiger partial charge in [0.05, 0.1) is 12.1 Å². The normalized spacial score (nSPS) is 23.7. The van der Waals surface area contributed by atoms with Gasteiger partial charge in [-0.3, -0.25) is 4.79 Å². The Bertz CT molecular complexity index is 445. The Morgan fingerprint density at radius 2 is 2.11 bits per heavy atom. The summed E-state index contributed by atoms with van der Waals surface area (Å²) >= 11 is 0. The van der Waals surface area contributed by atoms with Crippen LogP contribution in [0.4, 0.5) is 5.69 Å². The van der Waals surface area contributed by atoms with Gasteiger partial charge in [-0.1, -0.05) is 18.9 Å². The maximum absolute atomic E-state index is 12.0. The van der Waals surface area contributed by atoms with Gasteiger partial charge in [0.2, 0.25) is 0 Å². The van der Waals surface area contributed by atoms with E-state index in [9.17, 15) is 9.90 Å². The van der Waals surface area contributed by atoms with Gasteiger partial charge in [0, 0.05) is 11.3 Å². The summed E-state index contributed by atoms with van der Waals surface area (Å²) in [7, 11) is 0. The van der Waals surface area contributed by atoms with Crippen LogP contribution >= 0.6 is 0 Å². The molecule has 0 aliphatic heterocycles. The van der Waals surface area contributed by atoms with E-state index < -0.39 is 6.10 Å². The molecule has 1 amide bonds. The average molecular weight is 248 g/mol. The fourth-order valence-corrected chi connectivity index (χ4v) is 2.31. The molecule has 0 saturated heterocycles. The fourth-order valence-electron chi connectivity index (χ4n) is 2.31. The van der Waals surface area contributed by atoms with Crippen molar-refractivity contribution in [2.45, 2.75) is 44.8 Å². The highest BCUT2D eigenvalue weighted by atomic mass is 16.3. The Kier molecular flexibility index (Phi) is 3.87. The summed E-state index contributed by atoms with van der Waals surface area (Å²) < 4.78 is 0. The van der Waals surface area contributed by atoms with Crippen LogP contribution in [0.1, 0.15) is 41.6 Å². The first-order chi connectivity index (χ1) is 8.58. The van der Waals surface area contributed by atoms with E-state index in [0.29, 0.717) is 11.3 Å². The number of nitrogen functional groups attached to an aromatic ring is 1. The molecule has 0 heterocycles. The van der Waals surface area contributed by atoms with Crippen LogP contribution in [0, 0.1) is 6.92 Å². The van der Waals surface area contributed by atoms with Crippen molar-refractivity contribution in [2.75, 3.05) is 5.73 Å². The predicted molar refractivity (Wildman–Crippen MR) is 71.3 cm³/mol. The lowest BCUT2D eigenvalue weighted by molar-refractivity contribution is 0.0717. The second-order valence-electron chi connectivity index (χ2n) is 5.00. The number of nitrogens with one attached hydrogen (secondary N) is 1. The average Bonchev–Trinajstić information content (AvgIpc) is 2.35. The summed E-state index contributed by atoms with van der Waals surface area (Å²) in [6, 6.07) is 5.14. The Morgan fingerprint density at radius 3 is 2.78 bits per heavy atom. The van der Waals surface area contributed by atoms with Crippen molar-refractivity contribution in [1.29, 1.82) is 0 Å². The zero-order valence-electron chi connectivity index (χ0n) is 10.6. The Balaban J connectivity index is 2.04. The number of aliphatic hydroxyl groups is 1. The largest absolute Gasteiger partial charge is 0.398 e. The van der Waals surface area contributed by atoms with Gasteiger partial charge in [-0.25, -0.2) is 0 Å². The van der Waals surface area contributed by atoms with Crippen molar-refractivity contribution in [3.63, 3.8) is 0 Å². The van der Waals surface area contributed by atoms with E-state index in [0.717, 1.165) is 31.2 Å². The Morgan fingerprint density at radius 1 is 1.39 bits per heavy atom. The number of carbonyl (C=O) groups is 1. The number of benzene rings is 1. The van der Waals surface area contributed by atoms with E-state index in [1.165, 1.54) is 0 Å². The molecule has 0 radical (unpaired) electrons. The summed E-state index contributed by atoms with van der Waals surface area (Å²) in [6.45, 7) is 1.90. The molecular weight excluding hydrogens is 228 g/mol. The van der Waals surface area contributed by atoms with Crippen LogP contribution in [-0.4, -0.2) is 23.2 Å². The minimum absolute atomic E-state index is 0.131. The van der Waals surface area contributed by atoms with Crippen LogP contribution in [0.5, 0.6) is 0 Å². The van der Waals surface area contributed by atoms with Crippen LogP contribution in [-0.2, 0) is 0 Å². The van der Waals surface area contributed by atoms with Crippen molar-refractivity contribution >= 4 is 11.6 Å². The van der Waals surface area contributed by atoms with E-state index in [4.69, 9.17) is 5.73 Å². The first-order valence-corrected chi connectivity index (χ1v) is 6.43. The monoisotopic (exact) mass is 248 g/mol. The summed E-state index contributed by atoms with van der Waals surface area (Å²) in [5, 5.41) is 12.7. The standard InChI is InChI=1S/C14H20N2O2/c1-9-6-7-10(8-11(9)15)14(18)16-12-4-2-3-5-13(12)17/h6-8,12-13,17H,2-5,15H2,1H3,(H,16,18)/t12-,13-/m0/s1. The molecule has 4 N–H and O–H groups in total. The van der Waals surface area contributed by atoms with E-state index >= 15 is 0 Å². The van der Waals surface area contributed by atoms with Crippen LogP contribution < -0.4 is 11.1 Å². The van der Waals surface area contributed by atoms with E-state index in [1.807, 2.05) is 13.0 Å². The SMILES string of the molecule is Cc1ccc(C(=O)N[C@H]2CCCC[C@@H]2O)cc1N. The van der Waals surface area contributed by atoms with Gasteiger partial charge < -0.3 is 16.2 Å². The molecule has 4 nitrogen and oxygen atoms in total. The van der Waals surface area contributed by atoms with Gasteiger partial charge in [-0.05, 0) is 37.5 Å². The van der Waals surface area contributed by atoms with Crippen LogP contribution in [0.25, 0.3) is 0 Å². The third kappa shape index (κ3) is 2.82. The molecule has 0 unspecified atom stereocenters. The molecule has 0 spiro atoms. The van der Waals surface area contributed by atoms with Crippen LogP contribution in [0.3, 0.4) is 0 Å². The summed E-state index contributed by atoms with van der Waals surface area (Å²) in [4.78, 5) is 12.0. The fraction of sp³-hybridized carbons (Fsp3) is 0.500. The van der Waals surface area contributed by atoms with Crippen molar-refractivity contribution in [1.82, 2.24) is 5.32 Å². The van der Waals surface area contributed by atoms with E-state index in [-0.39, 0.29) is 11.9 Å². The summed E-state index contributed by atoms with van der Waals surface area (Å²) in [5.74, 6) is -0.160. The maximum Gasteiger partial charge on any atom is 0.251 e. The topological polar surface area (TPSA) is 75.3 Å². The molecule has 98 valence electrons. The molecule has 18 heavy (non-hydrogen) atoms. The first-order valence-electron chi connectivity index (χ1n) is 6.43. The third-order valence-corrected chi connectivity index (χ3v) is 3.59. The molecule has 2 rings (SSSR count). The van der Waals surface area contributed by atoms with E-state index in [2.05, 4.69) is 5.32 Å². The molecule has 1 aliphatic rings. The zero-order valence-corrected chi connectivity index (χ0v) is 10.6. The third-order valence-electron chi connectivity index (χ3n) is 3.59. The Hall–Kier alpha value is -1.55. The number of anilines is 1. The van der Waals surface area contributed by atoms with Crippen molar-refractivity contribution in [2.24, 2.45) is 0 Å². The second kappa shape index (κ2) is 5.40. The molecule has 0 aromatic heterocycles. The number of hydrogen-bond acceptors (Lipinski definition) is 3. The number of aliphatic hydroxyl groups excluding tert-OH is 1. The quantitative estimate of drug-likeness (QED) is 0.696. The van der Waals surface area contributed by atoms with Gasteiger partial charge in [0.15, 0.2) is 0 Å². The molecule has 1 aromatic carbocycles. The molecule has 1 aliphatic carbocycles. The minimum Gasteiger partial charge on any atom is -0.398 e. The van der Waals surface area contributed by atoms with Gasteiger partial charge >= 0.3 is 0 Å². The first kappa shape index (κ1) is 12.9. The number of carbonyl (C=O) groups excluding carboxylic acids is 1. The van der Waals surface area contributed by atoms with Gasteiger partial charge in [-0.15, -0.1) is 0 Å². The van der Waals surface area contributed by atoms with E-state index in [1.54, 1.807) is 12.1 Å². The highest BCUT2D eigenvalue weighted by Gasteiger charge is 2.24. The second-order valence-corrected chi connectivity index (χ2v) is 5.00. The van der Waals surface area contributed by atoms with Crippen molar-refractivity contribution in [3.05, 3.63) is 29.3 Å². The van der Waals surface area contributed by atoms with Gasteiger partial charge in [-0.2, -0.15) is 0 Å². The molecular formula is C14H20N2O2. The predicted octanol–water partition coefficient (Wildman–Crippen LogP) is 1.61. The number of rotatable bonds is 2. The number of hydrogen-bond donors (Lipinski definition) is 3. The summed E-state index contributed by atoms with van der Waals surface area (Å²) in [5.41, 5.74) is 7.92. The lowest BCUT2D eigenvalue weighted by atomic mass is 9.92. The molecule has 0 bridgehead atoms. The minimum atomic E-state index is -0.425. The van der Waals surface area contributed by atoms with Crippen molar-refractivity contribution < 1.29 is 9.90 Å². The molecule has 1 fully saturated rings. The lowest BCUT2D eigenvalue weighted by Crippen LogP contribution is -2.45. The summed E-state index contributed by atoms with van der Waals surface area (Å²) in [6.07, 6.45) is 3.27. The molecule has 1 saturated carbocycles. The van der Waals surface area contributed by atoms with Crippen LogP contribution in [0.15, 0.2) is 18.2 Å². The zero-order chi connectivity index (χ0) is 13.1. The van der Waals surface area contributed by atoms with Crippen molar-refractivity contribution in [3.8, 4) is 0 Å². The molecule has 2 atom stereocenters. The van der Waals surface area contributed by atoms with Gasteiger partial charge in [0.25, 0.3) is 5.91 Å². The molecule has 4 heteroatoms. The maximum atomic E-state index is 12.0. The number of amides is 1. The highest BCUT2D eigenvalue weighted by Crippen LogP contribution is 2.19. The number of aryl methyl sites for hydroxylation is 1.